The number of nitrogens with zero attached hydrogens (tertiary/aromatic N) is 1. The van der Waals surface area contributed by atoms with Crippen LogP contribution in [0.4, 0.5) is 18.9 Å². The van der Waals surface area contributed by atoms with E-state index in [9.17, 15) is 22.8 Å². The van der Waals surface area contributed by atoms with Crippen LogP contribution < -0.4 is 15.0 Å². The molecule has 11 heteroatoms. The number of hydrogen-bond acceptors (Lipinski definition) is 5. The number of alkyl halides is 3. The van der Waals surface area contributed by atoms with Crippen molar-refractivity contribution in [2.45, 2.75) is 6.36 Å². The van der Waals surface area contributed by atoms with E-state index in [1.165, 1.54) is 30.3 Å². The minimum atomic E-state index is -4.83. The number of carbonyl (C=O) groups is 2. The second kappa shape index (κ2) is 8.72. The van der Waals surface area contributed by atoms with Gasteiger partial charge < -0.3 is 9.15 Å². The maximum atomic E-state index is 13.0. The molecule has 0 radical (unpaired) electrons. The number of ether oxygens (including phenoxy) is 1. The largest absolute Gasteiger partial charge is 0.573 e. The third-order valence-corrected chi connectivity index (χ3v) is 4.99. The number of thiocarbonyl (C=S) groups is 1. The van der Waals surface area contributed by atoms with Gasteiger partial charge in [0.15, 0.2) is 5.11 Å². The summed E-state index contributed by atoms with van der Waals surface area (Å²) in [6.07, 6.45) is -3.61. The number of benzene rings is 2. The van der Waals surface area contributed by atoms with Gasteiger partial charge in [0.1, 0.15) is 22.8 Å². The molecular formula is C22H12ClF3N2O4S. The average Bonchev–Trinajstić information content (AvgIpc) is 3.20. The molecule has 0 atom stereocenters. The highest BCUT2D eigenvalue weighted by Crippen LogP contribution is 2.30. The lowest BCUT2D eigenvalue weighted by Crippen LogP contribution is -2.54. The van der Waals surface area contributed by atoms with E-state index >= 15 is 0 Å². The Morgan fingerprint density at radius 3 is 2.48 bits per heavy atom. The maximum absolute atomic E-state index is 13.0. The van der Waals surface area contributed by atoms with Crippen molar-refractivity contribution in [2.24, 2.45) is 0 Å². The van der Waals surface area contributed by atoms with E-state index in [4.69, 9.17) is 28.2 Å². The molecule has 2 amide bonds. The number of carbonyl (C=O) groups excluding carboxylic acids is 2. The normalized spacial score (nSPS) is 15.7. The van der Waals surface area contributed by atoms with Crippen LogP contribution in [0.3, 0.4) is 0 Å². The van der Waals surface area contributed by atoms with Gasteiger partial charge in [0, 0.05) is 10.6 Å². The summed E-state index contributed by atoms with van der Waals surface area (Å²) in [5.41, 5.74) is 0.473. The molecule has 1 aromatic heterocycles. The van der Waals surface area contributed by atoms with E-state index in [-0.39, 0.29) is 22.2 Å². The van der Waals surface area contributed by atoms with Crippen molar-refractivity contribution in [2.75, 3.05) is 4.90 Å². The van der Waals surface area contributed by atoms with Crippen molar-refractivity contribution in [3.63, 3.8) is 0 Å². The van der Waals surface area contributed by atoms with Crippen LogP contribution >= 0.6 is 23.8 Å². The minimum Gasteiger partial charge on any atom is -0.457 e. The number of halogens is 4. The third-order valence-electron chi connectivity index (χ3n) is 4.45. The summed E-state index contributed by atoms with van der Waals surface area (Å²) in [5.74, 6) is -1.46. The first-order valence-electron chi connectivity index (χ1n) is 9.24. The molecule has 1 fully saturated rings. The summed E-state index contributed by atoms with van der Waals surface area (Å²) in [6.45, 7) is 0. The summed E-state index contributed by atoms with van der Waals surface area (Å²) < 4.78 is 47.0. The fourth-order valence-electron chi connectivity index (χ4n) is 3.06. The van der Waals surface area contributed by atoms with Gasteiger partial charge in [-0.15, -0.1) is 13.2 Å². The molecule has 0 saturated carbocycles. The summed E-state index contributed by atoms with van der Waals surface area (Å²) in [4.78, 5) is 26.5. The molecule has 2 heterocycles. The summed E-state index contributed by atoms with van der Waals surface area (Å²) in [6, 6.07) is 14.5. The van der Waals surface area contributed by atoms with Gasteiger partial charge >= 0.3 is 6.36 Å². The summed E-state index contributed by atoms with van der Waals surface area (Å²) in [5, 5.41) is 2.81. The van der Waals surface area contributed by atoms with Gasteiger partial charge in [-0.2, -0.15) is 0 Å². The Morgan fingerprint density at radius 1 is 1.06 bits per heavy atom. The molecule has 1 aliphatic heterocycles. The predicted octanol–water partition coefficient (Wildman–Crippen LogP) is 5.33. The second-order valence-corrected chi connectivity index (χ2v) is 7.54. The lowest BCUT2D eigenvalue weighted by Gasteiger charge is -2.28. The van der Waals surface area contributed by atoms with Gasteiger partial charge in [-0.1, -0.05) is 23.7 Å². The van der Waals surface area contributed by atoms with Gasteiger partial charge in [0.05, 0.1) is 5.69 Å². The Kier molecular flexibility index (Phi) is 5.96. The lowest BCUT2D eigenvalue weighted by atomic mass is 10.1. The first kappa shape index (κ1) is 22.6. The number of hydrogen-bond donors (Lipinski definition) is 1. The van der Waals surface area contributed by atoms with Crippen LogP contribution in [0.2, 0.25) is 5.02 Å². The van der Waals surface area contributed by atoms with Crippen molar-refractivity contribution in [3.05, 3.63) is 77.0 Å². The molecule has 3 aromatic rings. The molecule has 4 rings (SSSR count). The first-order chi connectivity index (χ1) is 15.6. The minimum absolute atomic E-state index is 0.0916. The molecular weight excluding hydrogens is 481 g/mol. The van der Waals surface area contributed by atoms with E-state index < -0.39 is 23.9 Å². The molecule has 0 bridgehead atoms. The highest BCUT2D eigenvalue weighted by atomic mass is 35.5. The Balaban J connectivity index is 1.62. The number of rotatable bonds is 4. The number of anilines is 1. The topological polar surface area (TPSA) is 71.8 Å². The standard InChI is InChI=1S/C22H12ClF3N2O4S/c23-13-4-6-14(7-5-13)28-20(30)17(19(29)27-21(28)33)11-15-8-9-18(31-15)12-2-1-3-16(10-12)32-22(24,25)26/h1-11H,(H,27,29,33). The lowest BCUT2D eigenvalue weighted by molar-refractivity contribution is -0.274. The van der Waals surface area contributed by atoms with E-state index in [2.05, 4.69) is 10.1 Å². The fraction of sp³-hybridized carbons (Fsp3) is 0.0455. The smallest absolute Gasteiger partial charge is 0.457 e. The Hall–Kier alpha value is -3.63. The van der Waals surface area contributed by atoms with Crippen molar-refractivity contribution < 1.29 is 31.9 Å². The highest BCUT2D eigenvalue weighted by molar-refractivity contribution is 7.80. The number of amides is 2. The molecule has 0 unspecified atom stereocenters. The van der Waals surface area contributed by atoms with Crippen LogP contribution in [0.25, 0.3) is 17.4 Å². The second-order valence-electron chi connectivity index (χ2n) is 6.71. The zero-order valence-electron chi connectivity index (χ0n) is 16.4. The molecule has 33 heavy (non-hydrogen) atoms. The van der Waals surface area contributed by atoms with Gasteiger partial charge in [-0.3, -0.25) is 19.8 Å². The van der Waals surface area contributed by atoms with E-state index in [1.807, 2.05) is 0 Å². The monoisotopic (exact) mass is 492 g/mol. The maximum Gasteiger partial charge on any atom is 0.573 e. The van der Waals surface area contributed by atoms with Gasteiger partial charge in [-0.05, 0) is 66.8 Å². The molecule has 6 nitrogen and oxygen atoms in total. The van der Waals surface area contributed by atoms with Crippen LogP contribution in [-0.4, -0.2) is 23.3 Å². The van der Waals surface area contributed by atoms with Crippen molar-refractivity contribution in [1.29, 1.82) is 0 Å². The average molecular weight is 493 g/mol. The predicted molar refractivity (Wildman–Crippen MR) is 118 cm³/mol. The fourth-order valence-corrected chi connectivity index (χ4v) is 3.46. The SMILES string of the molecule is O=C1NC(=S)N(c2ccc(Cl)cc2)C(=O)C1=Cc1ccc(-c2cccc(OC(F)(F)F)c2)o1. The molecule has 0 spiro atoms. The molecule has 1 aliphatic rings. The van der Waals surface area contributed by atoms with Crippen LogP contribution in [0.5, 0.6) is 5.75 Å². The van der Waals surface area contributed by atoms with Crippen molar-refractivity contribution >= 4 is 52.5 Å². The van der Waals surface area contributed by atoms with Crippen molar-refractivity contribution in [3.8, 4) is 17.1 Å². The zero-order valence-corrected chi connectivity index (χ0v) is 17.9. The third kappa shape index (κ3) is 5.07. The first-order valence-corrected chi connectivity index (χ1v) is 10.0. The van der Waals surface area contributed by atoms with Crippen LogP contribution in [0.1, 0.15) is 5.76 Å². The summed E-state index contributed by atoms with van der Waals surface area (Å²) in [7, 11) is 0. The van der Waals surface area contributed by atoms with Crippen molar-refractivity contribution in [1.82, 2.24) is 5.32 Å². The van der Waals surface area contributed by atoms with Crippen LogP contribution in [0.15, 0.2) is 70.7 Å². The van der Waals surface area contributed by atoms with Crippen LogP contribution in [-0.2, 0) is 9.59 Å². The Labute approximate surface area is 195 Å². The van der Waals surface area contributed by atoms with E-state index in [1.54, 1.807) is 24.3 Å². The molecule has 0 aliphatic carbocycles. The van der Waals surface area contributed by atoms with Crippen LogP contribution in [0, 0.1) is 0 Å². The van der Waals surface area contributed by atoms with E-state index in [0.717, 1.165) is 17.0 Å². The Bertz CT molecular complexity index is 1290. The van der Waals surface area contributed by atoms with Gasteiger partial charge in [0.25, 0.3) is 11.8 Å². The molecule has 2 aromatic carbocycles. The van der Waals surface area contributed by atoms with Gasteiger partial charge in [-0.25, -0.2) is 0 Å². The van der Waals surface area contributed by atoms with E-state index in [0.29, 0.717) is 16.3 Å². The molecule has 1 saturated heterocycles. The molecule has 1 N–H and O–H groups in total. The number of furan rings is 1. The zero-order chi connectivity index (χ0) is 23.8. The number of nitrogens with one attached hydrogen (secondary N) is 1. The van der Waals surface area contributed by atoms with Gasteiger partial charge in [0.2, 0.25) is 0 Å². The summed E-state index contributed by atoms with van der Waals surface area (Å²) >= 11 is 11.0. The highest BCUT2D eigenvalue weighted by Gasteiger charge is 2.35. The Morgan fingerprint density at radius 2 is 1.79 bits per heavy atom. The molecule has 168 valence electrons. The quantitative estimate of drug-likeness (QED) is 0.303.